The SMILES string of the molecule is CCCCCCCCCCCCCCCCCC(=O)OC[C@H](COP(=O)(O)OC[C@@H](O)COP(=O)(O)OC[C@@H](COC(=O)CCCCCCCCCC)OC(=O)CCCCCCCCCCCCCCCC)OC(=O)CCCCCCCCCCCCCCCCCC(C)C. The number of hydrogen-bond donors (Lipinski definition) is 3. The first-order chi connectivity index (χ1) is 46.0. The van der Waals surface area contributed by atoms with E-state index in [0.717, 1.165) is 102 Å². The van der Waals surface area contributed by atoms with Crippen molar-refractivity contribution in [3.8, 4) is 0 Å². The number of esters is 4. The normalized spacial score (nSPS) is 13.9. The fourth-order valence-corrected chi connectivity index (χ4v) is 13.3. The lowest BCUT2D eigenvalue weighted by Crippen LogP contribution is -2.30. The Hall–Kier alpha value is -1.94. The van der Waals surface area contributed by atoms with Crippen molar-refractivity contribution >= 4 is 39.5 Å². The first-order valence-electron chi connectivity index (χ1n) is 39.6. The van der Waals surface area contributed by atoms with Gasteiger partial charge in [0.25, 0.3) is 0 Å². The lowest BCUT2D eigenvalue weighted by molar-refractivity contribution is -0.161. The highest BCUT2D eigenvalue weighted by Crippen LogP contribution is 2.45. The lowest BCUT2D eigenvalue weighted by Gasteiger charge is -2.21. The van der Waals surface area contributed by atoms with Gasteiger partial charge in [-0.15, -0.1) is 0 Å². The molecule has 17 nitrogen and oxygen atoms in total. The standard InChI is InChI=1S/C76H148O17P2/c1-6-9-12-15-18-21-23-25-28-33-36-40-45-50-55-60-74(79)87-66-72(93-76(81)62-57-52-47-42-38-34-30-27-29-31-35-39-43-48-53-58-69(4)5)68-91-95(84,85)89-64-70(77)63-88-94(82,83)90-67-71(65-86-73(78)59-54-49-44-20-17-14-11-8-3)92-75(80)61-56-51-46-41-37-32-26-24-22-19-16-13-10-7-2/h69-72,77H,6-68H2,1-5H3,(H,82,83)(H,84,85)/t70-,71+,72+/m0/s1. The molecule has 0 fully saturated rings. The van der Waals surface area contributed by atoms with Crippen LogP contribution in [0.1, 0.15) is 401 Å². The number of phosphoric ester groups is 2. The number of ether oxygens (including phenoxy) is 4. The molecule has 0 radical (unpaired) electrons. The summed E-state index contributed by atoms with van der Waals surface area (Å²) < 4.78 is 68.5. The third kappa shape index (κ3) is 70.3. The Morgan fingerprint density at radius 2 is 0.484 bits per heavy atom. The van der Waals surface area contributed by atoms with E-state index in [2.05, 4.69) is 34.6 Å². The van der Waals surface area contributed by atoms with Crippen LogP contribution < -0.4 is 0 Å². The smallest absolute Gasteiger partial charge is 0.462 e. The van der Waals surface area contributed by atoms with Gasteiger partial charge < -0.3 is 33.8 Å². The van der Waals surface area contributed by atoms with Crippen LogP contribution in [0.3, 0.4) is 0 Å². The average molecular weight is 1400 g/mol. The summed E-state index contributed by atoms with van der Waals surface area (Å²) in [5, 5.41) is 10.6. The zero-order valence-electron chi connectivity index (χ0n) is 61.8. The van der Waals surface area contributed by atoms with Crippen molar-refractivity contribution < 1.29 is 80.2 Å². The molecule has 19 heteroatoms. The van der Waals surface area contributed by atoms with Gasteiger partial charge in [-0.2, -0.15) is 0 Å². The van der Waals surface area contributed by atoms with Gasteiger partial charge in [0.2, 0.25) is 0 Å². The van der Waals surface area contributed by atoms with Gasteiger partial charge in [-0.25, -0.2) is 9.13 Å². The second kappa shape index (κ2) is 69.2. The summed E-state index contributed by atoms with van der Waals surface area (Å²) in [6.45, 7) is 7.30. The first kappa shape index (κ1) is 93.1. The third-order valence-corrected chi connectivity index (χ3v) is 19.7. The van der Waals surface area contributed by atoms with Crippen LogP contribution in [0.5, 0.6) is 0 Å². The summed E-state index contributed by atoms with van der Waals surface area (Å²) in [4.78, 5) is 72.7. The Morgan fingerprint density at radius 1 is 0.284 bits per heavy atom. The molecule has 0 saturated carbocycles. The summed E-state index contributed by atoms with van der Waals surface area (Å²) in [6, 6.07) is 0. The fourth-order valence-electron chi connectivity index (χ4n) is 11.7. The number of aliphatic hydroxyl groups excluding tert-OH is 1. The van der Waals surface area contributed by atoms with E-state index in [-0.39, 0.29) is 25.7 Å². The second-order valence-electron chi connectivity index (χ2n) is 27.9. The Morgan fingerprint density at radius 3 is 0.716 bits per heavy atom. The van der Waals surface area contributed by atoms with Crippen LogP contribution in [0.4, 0.5) is 0 Å². The third-order valence-electron chi connectivity index (χ3n) is 17.8. The van der Waals surface area contributed by atoms with E-state index in [1.165, 1.54) is 218 Å². The Bertz CT molecular complexity index is 1820. The zero-order valence-corrected chi connectivity index (χ0v) is 63.6. The maximum atomic E-state index is 13.1. The van der Waals surface area contributed by atoms with Crippen LogP contribution in [0.25, 0.3) is 0 Å². The molecular weight excluding hydrogens is 1250 g/mol. The highest BCUT2D eigenvalue weighted by Gasteiger charge is 2.30. The summed E-state index contributed by atoms with van der Waals surface area (Å²) in [5.74, 6) is -1.31. The van der Waals surface area contributed by atoms with E-state index >= 15 is 0 Å². The Balaban J connectivity index is 5.21. The predicted molar refractivity (Wildman–Crippen MR) is 386 cm³/mol. The summed E-state index contributed by atoms with van der Waals surface area (Å²) in [5.41, 5.74) is 0. The molecule has 0 aromatic carbocycles. The van der Waals surface area contributed by atoms with Gasteiger partial charge in [0.1, 0.15) is 19.3 Å². The van der Waals surface area contributed by atoms with Crippen LogP contribution in [0, 0.1) is 5.92 Å². The molecule has 3 N–H and O–H groups in total. The molecule has 0 heterocycles. The number of carbonyl (C=O) groups is 4. The van der Waals surface area contributed by atoms with Gasteiger partial charge in [-0.1, -0.05) is 349 Å². The summed E-state index contributed by atoms with van der Waals surface area (Å²) >= 11 is 0. The molecule has 0 amide bonds. The Kier molecular flexibility index (Phi) is 67.7. The molecule has 0 aromatic heterocycles. The minimum atomic E-state index is -4.96. The van der Waals surface area contributed by atoms with Crippen LogP contribution in [-0.2, 0) is 65.4 Å². The van der Waals surface area contributed by atoms with Gasteiger partial charge in [0.05, 0.1) is 26.4 Å². The Labute approximate surface area is 581 Å². The van der Waals surface area contributed by atoms with E-state index in [1.54, 1.807) is 0 Å². The molecule has 2 unspecified atom stereocenters. The highest BCUT2D eigenvalue weighted by molar-refractivity contribution is 7.47. The van der Waals surface area contributed by atoms with Crippen molar-refractivity contribution in [1.82, 2.24) is 0 Å². The van der Waals surface area contributed by atoms with Crippen molar-refractivity contribution in [2.75, 3.05) is 39.6 Å². The van der Waals surface area contributed by atoms with E-state index in [0.29, 0.717) is 25.7 Å². The number of unbranched alkanes of at least 4 members (excludes halogenated alkanes) is 48. The van der Waals surface area contributed by atoms with E-state index in [1.807, 2.05) is 0 Å². The minimum Gasteiger partial charge on any atom is -0.462 e. The molecular formula is C76H148O17P2. The van der Waals surface area contributed by atoms with Crippen molar-refractivity contribution in [2.45, 2.75) is 419 Å². The number of aliphatic hydroxyl groups is 1. The van der Waals surface area contributed by atoms with Gasteiger partial charge in [-0.3, -0.25) is 37.3 Å². The number of phosphoric acid groups is 2. The van der Waals surface area contributed by atoms with E-state index in [4.69, 9.17) is 37.0 Å². The maximum absolute atomic E-state index is 13.1. The second-order valence-corrected chi connectivity index (χ2v) is 30.8. The zero-order chi connectivity index (χ0) is 69.8. The average Bonchev–Trinajstić information content (AvgIpc) is 1.47. The van der Waals surface area contributed by atoms with Crippen LogP contribution in [0.15, 0.2) is 0 Å². The quantitative estimate of drug-likeness (QED) is 0.0222. The maximum Gasteiger partial charge on any atom is 0.472 e. The fraction of sp³-hybridized carbons (Fsp3) is 0.947. The van der Waals surface area contributed by atoms with E-state index < -0.39 is 97.5 Å². The van der Waals surface area contributed by atoms with Crippen molar-refractivity contribution in [2.24, 2.45) is 5.92 Å². The molecule has 0 aliphatic carbocycles. The molecule has 564 valence electrons. The van der Waals surface area contributed by atoms with Crippen LogP contribution in [0.2, 0.25) is 0 Å². The molecule has 0 aliphatic rings. The van der Waals surface area contributed by atoms with Crippen molar-refractivity contribution in [1.29, 1.82) is 0 Å². The molecule has 0 bridgehead atoms. The largest absolute Gasteiger partial charge is 0.472 e. The van der Waals surface area contributed by atoms with Gasteiger partial charge in [-0.05, 0) is 31.6 Å². The number of hydrogen-bond acceptors (Lipinski definition) is 15. The van der Waals surface area contributed by atoms with Crippen LogP contribution >= 0.6 is 15.6 Å². The highest BCUT2D eigenvalue weighted by atomic mass is 31.2. The topological polar surface area (TPSA) is 237 Å². The molecule has 5 atom stereocenters. The molecule has 0 aromatic rings. The molecule has 0 spiro atoms. The lowest BCUT2D eigenvalue weighted by atomic mass is 10.0. The van der Waals surface area contributed by atoms with Crippen molar-refractivity contribution in [3.05, 3.63) is 0 Å². The van der Waals surface area contributed by atoms with Gasteiger partial charge in [0.15, 0.2) is 12.2 Å². The van der Waals surface area contributed by atoms with E-state index in [9.17, 15) is 43.2 Å². The van der Waals surface area contributed by atoms with Gasteiger partial charge in [0, 0.05) is 25.7 Å². The van der Waals surface area contributed by atoms with Crippen molar-refractivity contribution in [3.63, 3.8) is 0 Å². The molecule has 95 heavy (non-hydrogen) atoms. The number of carbonyl (C=O) groups excluding carboxylic acids is 4. The van der Waals surface area contributed by atoms with Crippen LogP contribution in [-0.4, -0.2) is 96.7 Å². The van der Waals surface area contributed by atoms with Gasteiger partial charge >= 0.3 is 39.5 Å². The summed E-state index contributed by atoms with van der Waals surface area (Å²) in [6.07, 6.45) is 58.2. The number of rotatable bonds is 76. The summed E-state index contributed by atoms with van der Waals surface area (Å²) in [7, 11) is -9.91. The first-order valence-corrected chi connectivity index (χ1v) is 42.6. The minimum absolute atomic E-state index is 0.108. The predicted octanol–water partition coefficient (Wildman–Crippen LogP) is 22.5. The molecule has 0 rings (SSSR count). The monoisotopic (exact) mass is 1400 g/mol. The molecule has 0 saturated heterocycles. The molecule has 0 aliphatic heterocycles.